The van der Waals surface area contributed by atoms with Crippen molar-refractivity contribution in [2.45, 2.75) is 63.3 Å². The maximum absolute atomic E-state index is 14.2. The van der Waals surface area contributed by atoms with Crippen LogP contribution >= 0.6 is 0 Å². The van der Waals surface area contributed by atoms with Gasteiger partial charge in [0.15, 0.2) is 0 Å². The topological polar surface area (TPSA) is 90.0 Å². The Morgan fingerprint density at radius 2 is 1.72 bits per heavy atom. The van der Waals surface area contributed by atoms with Crippen molar-refractivity contribution in [1.82, 2.24) is 20.0 Å². The van der Waals surface area contributed by atoms with Crippen molar-refractivity contribution < 1.29 is 36.7 Å². The highest BCUT2D eigenvalue weighted by atomic mass is 19.4. The van der Waals surface area contributed by atoms with Gasteiger partial charge in [0, 0.05) is 26.2 Å². The van der Waals surface area contributed by atoms with Gasteiger partial charge in [0.25, 0.3) is 11.8 Å². The molecule has 196 valence electrons. The Bertz CT molecular complexity index is 1090. The first-order valence-electron chi connectivity index (χ1n) is 11.9. The quantitative estimate of drug-likeness (QED) is 0.485. The summed E-state index contributed by atoms with van der Waals surface area (Å²) in [7, 11) is 1.45. The van der Waals surface area contributed by atoms with Gasteiger partial charge in [-0.1, -0.05) is 13.8 Å². The first-order valence-corrected chi connectivity index (χ1v) is 11.9. The normalized spacial score (nSPS) is 20.9. The molecular formula is C24H28F4N4O4. The number of rotatable bonds is 5. The maximum atomic E-state index is 14.2. The molecule has 0 aromatic heterocycles. The number of carbonyl (C=O) groups excluding carboxylic acids is 4. The third-order valence-corrected chi connectivity index (χ3v) is 7.23. The fourth-order valence-corrected chi connectivity index (χ4v) is 5.04. The lowest BCUT2D eigenvalue weighted by Gasteiger charge is -2.43. The molecule has 3 aliphatic rings. The van der Waals surface area contributed by atoms with Gasteiger partial charge in [0.2, 0.25) is 5.91 Å². The number of hydrogen-bond acceptors (Lipinski definition) is 4. The zero-order chi connectivity index (χ0) is 26.6. The second-order valence-electron chi connectivity index (χ2n) is 9.99. The van der Waals surface area contributed by atoms with E-state index in [2.05, 4.69) is 5.32 Å². The van der Waals surface area contributed by atoms with Crippen molar-refractivity contribution in [1.29, 1.82) is 0 Å². The van der Waals surface area contributed by atoms with Crippen molar-refractivity contribution in [3.05, 3.63) is 35.1 Å². The average molecular weight is 513 g/mol. The van der Waals surface area contributed by atoms with Crippen LogP contribution in [0.15, 0.2) is 18.2 Å². The van der Waals surface area contributed by atoms with Gasteiger partial charge in [0.05, 0.1) is 11.1 Å². The Hall–Kier alpha value is -3.18. The Morgan fingerprint density at radius 3 is 2.25 bits per heavy atom. The van der Waals surface area contributed by atoms with Gasteiger partial charge >= 0.3 is 12.2 Å². The van der Waals surface area contributed by atoms with Crippen molar-refractivity contribution in [3.63, 3.8) is 0 Å². The number of benzene rings is 1. The van der Waals surface area contributed by atoms with Gasteiger partial charge in [-0.2, -0.15) is 13.2 Å². The molecule has 5 amide bonds. The van der Waals surface area contributed by atoms with Crippen molar-refractivity contribution in [2.24, 2.45) is 5.92 Å². The van der Waals surface area contributed by atoms with E-state index in [1.807, 2.05) is 0 Å². The molecule has 2 aliphatic heterocycles. The Balaban J connectivity index is 1.48. The van der Waals surface area contributed by atoms with Gasteiger partial charge in [0.1, 0.15) is 17.4 Å². The number of carbonyl (C=O) groups is 4. The number of amides is 5. The maximum Gasteiger partial charge on any atom is 0.416 e. The largest absolute Gasteiger partial charge is 0.416 e. The Kier molecular flexibility index (Phi) is 6.50. The number of halogens is 4. The van der Waals surface area contributed by atoms with E-state index in [9.17, 15) is 36.7 Å². The lowest BCUT2D eigenvalue weighted by molar-refractivity contribution is -0.142. The van der Waals surface area contributed by atoms with Crippen LogP contribution < -0.4 is 5.32 Å². The van der Waals surface area contributed by atoms with E-state index in [0.29, 0.717) is 18.2 Å². The number of piperidine rings is 1. The summed E-state index contributed by atoms with van der Waals surface area (Å²) in [5, 5.41) is 2.39. The Labute approximate surface area is 205 Å². The summed E-state index contributed by atoms with van der Waals surface area (Å²) in [4.78, 5) is 55.9. The minimum atomic E-state index is -4.76. The number of hydrogen-bond donors (Lipinski definition) is 1. The summed E-state index contributed by atoms with van der Waals surface area (Å²) in [6.45, 7) is 3.62. The van der Waals surface area contributed by atoms with Gasteiger partial charge in [-0.25, -0.2) is 9.18 Å². The third-order valence-electron chi connectivity index (χ3n) is 7.23. The minimum Gasteiger partial charge on any atom is -0.341 e. The highest BCUT2D eigenvalue weighted by Crippen LogP contribution is 2.44. The van der Waals surface area contributed by atoms with Crippen LogP contribution in [0.5, 0.6) is 0 Å². The molecular weight excluding hydrogens is 484 g/mol. The van der Waals surface area contributed by atoms with E-state index in [1.54, 1.807) is 18.7 Å². The van der Waals surface area contributed by atoms with Gasteiger partial charge in [-0.15, -0.1) is 0 Å². The molecule has 3 fully saturated rings. The molecule has 0 bridgehead atoms. The summed E-state index contributed by atoms with van der Waals surface area (Å²) >= 11 is 0. The van der Waals surface area contributed by atoms with E-state index in [0.717, 1.165) is 17.7 Å². The number of likely N-dealkylation sites (N-methyl/N-ethyl adjacent to an activating group) is 1. The summed E-state index contributed by atoms with van der Waals surface area (Å²) in [5.74, 6) is -3.49. The molecule has 0 radical (unpaired) electrons. The number of likely N-dealkylation sites (tertiary alicyclic amines) is 1. The van der Waals surface area contributed by atoms with E-state index < -0.39 is 52.4 Å². The summed E-state index contributed by atoms with van der Waals surface area (Å²) in [6.07, 6.45) is -2.63. The first-order chi connectivity index (χ1) is 16.8. The van der Waals surface area contributed by atoms with E-state index >= 15 is 0 Å². The number of alkyl halides is 3. The summed E-state index contributed by atoms with van der Waals surface area (Å²) < 4.78 is 53.3. The fraction of sp³-hybridized carbons (Fsp3) is 0.583. The van der Waals surface area contributed by atoms with Gasteiger partial charge < -0.3 is 15.1 Å². The monoisotopic (exact) mass is 512 g/mol. The van der Waals surface area contributed by atoms with Crippen LogP contribution in [-0.2, 0) is 15.8 Å². The van der Waals surface area contributed by atoms with Crippen LogP contribution in [0.1, 0.15) is 55.5 Å². The number of urea groups is 1. The van der Waals surface area contributed by atoms with Crippen LogP contribution in [0.3, 0.4) is 0 Å². The van der Waals surface area contributed by atoms with Gasteiger partial charge in [-0.05, 0) is 49.8 Å². The van der Waals surface area contributed by atoms with Crippen molar-refractivity contribution >= 4 is 23.8 Å². The molecule has 1 atom stereocenters. The van der Waals surface area contributed by atoms with E-state index in [4.69, 9.17) is 0 Å². The van der Waals surface area contributed by atoms with Crippen molar-refractivity contribution in [3.8, 4) is 0 Å². The van der Waals surface area contributed by atoms with Crippen LogP contribution in [0, 0.1) is 11.7 Å². The number of nitrogens with zero attached hydrogens (tertiary/aromatic N) is 3. The molecule has 8 nitrogen and oxygen atoms in total. The van der Waals surface area contributed by atoms with Crippen LogP contribution in [0.25, 0.3) is 0 Å². The molecule has 2 heterocycles. The smallest absolute Gasteiger partial charge is 0.341 e. The summed E-state index contributed by atoms with van der Waals surface area (Å²) in [5.41, 5.74) is -2.98. The number of imide groups is 1. The zero-order valence-corrected chi connectivity index (χ0v) is 20.2. The highest BCUT2D eigenvalue weighted by Gasteiger charge is 2.60. The lowest BCUT2D eigenvalue weighted by atomic mass is 9.85. The molecule has 36 heavy (non-hydrogen) atoms. The third kappa shape index (κ3) is 4.41. The molecule has 1 aromatic carbocycles. The fourth-order valence-electron chi connectivity index (χ4n) is 5.04. The standard InChI is InChI=1S/C24H28F4N4O4/c1-13(2)18(29-19(33)16-12-14(24(26,27)28)4-7-17(16)25)20(34)31-10-8-23(9-11-31)21(35)30(3)22(36)32(23)15-5-6-15/h4,7,12-13,15,18H,5-6,8-11H2,1-3H3,(H,29,33)/t18-/m1/s1. The van der Waals surface area contributed by atoms with E-state index in [1.165, 1.54) is 11.9 Å². The predicted molar refractivity (Wildman–Crippen MR) is 119 cm³/mol. The van der Waals surface area contributed by atoms with Crippen molar-refractivity contribution in [2.75, 3.05) is 20.1 Å². The molecule has 2 saturated heterocycles. The molecule has 1 saturated carbocycles. The molecule has 1 N–H and O–H groups in total. The molecule has 1 spiro atoms. The molecule has 1 aliphatic carbocycles. The lowest BCUT2D eigenvalue weighted by Crippen LogP contribution is -2.60. The van der Waals surface area contributed by atoms with Crippen LogP contribution in [0.4, 0.5) is 22.4 Å². The SMILES string of the molecule is CC(C)[C@@H](NC(=O)c1cc(C(F)(F)F)ccc1F)C(=O)N1CCC2(CC1)C(=O)N(C)C(=O)N2C1CC1. The van der Waals surface area contributed by atoms with Gasteiger partial charge in [-0.3, -0.25) is 19.3 Å². The predicted octanol–water partition coefficient (Wildman–Crippen LogP) is 3.02. The molecule has 1 aromatic rings. The second-order valence-corrected chi connectivity index (χ2v) is 9.99. The second kappa shape index (κ2) is 9.04. The first kappa shape index (κ1) is 25.9. The molecule has 4 rings (SSSR count). The van der Waals surface area contributed by atoms with Crippen LogP contribution in [-0.4, -0.2) is 76.2 Å². The molecule has 0 unspecified atom stereocenters. The Morgan fingerprint density at radius 1 is 1.11 bits per heavy atom. The number of nitrogens with one attached hydrogen (secondary N) is 1. The summed E-state index contributed by atoms with van der Waals surface area (Å²) in [6, 6.07) is 0.0810. The zero-order valence-electron chi connectivity index (χ0n) is 20.2. The minimum absolute atomic E-state index is 0.0127. The average Bonchev–Trinajstić information content (AvgIpc) is 3.63. The van der Waals surface area contributed by atoms with Crippen LogP contribution in [0.2, 0.25) is 0 Å². The highest BCUT2D eigenvalue weighted by molar-refractivity contribution is 6.07. The molecule has 12 heteroatoms. The van der Waals surface area contributed by atoms with E-state index in [-0.39, 0.29) is 43.9 Å².